The molecule has 0 aliphatic heterocycles. The van der Waals surface area contributed by atoms with Crippen LogP contribution >= 0.6 is 0 Å². The standard InChI is InChI=1S/C8H8O3.C6H6O2/c1-11-8(10)6-4-2-3-5-7(6)9;7-5-2-1-3-6(8)4-5/h2-5,9H,1H3;1-4,7-8H. The third-order valence-electron chi connectivity index (χ3n) is 2.14. The van der Waals surface area contributed by atoms with Gasteiger partial charge in [0.05, 0.1) is 7.11 Å². The second kappa shape index (κ2) is 6.90. The Kier molecular flexibility index (Phi) is 5.22. The Morgan fingerprint density at radius 1 is 0.947 bits per heavy atom. The second-order valence-electron chi connectivity index (χ2n) is 3.53. The fourth-order valence-electron chi connectivity index (χ4n) is 1.25. The fourth-order valence-corrected chi connectivity index (χ4v) is 1.25. The van der Waals surface area contributed by atoms with E-state index < -0.39 is 5.97 Å². The van der Waals surface area contributed by atoms with Crippen molar-refractivity contribution in [2.45, 2.75) is 0 Å². The Balaban J connectivity index is 0.000000200. The van der Waals surface area contributed by atoms with Gasteiger partial charge in [0.15, 0.2) is 0 Å². The molecule has 19 heavy (non-hydrogen) atoms. The van der Waals surface area contributed by atoms with Crippen LogP contribution in [0.25, 0.3) is 0 Å². The largest absolute Gasteiger partial charge is 0.508 e. The molecule has 0 aromatic heterocycles. The van der Waals surface area contributed by atoms with E-state index in [4.69, 9.17) is 15.3 Å². The summed E-state index contributed by atoms with van der Waals surface area (Å²) in [6.45, 7) is 0. The van der Waals surface area contributed by atoms with E-state index >= 15 is 0 Å². The van der Waals surface area contributed by atoms with Crippen molar-refractivity contribution in [2.75, 3.05) is 7.11 Å². The molecule has 0 atom stereocenters. The molecule has 2 rings (SSSR count). The quantitative estimate of drug-likeness (QED) is 0.686. The van der Waals surface area contributed by atoms with Crippen molar-refractivity contribution in [3.63, 3.8) is 0 Å². The number of carbonyl (C=O) groups is 1. The van der Waals surface area contributed by atoms with Crippen molar-refractivity contribution >= 4 is 5.97 Å². The summed E-state index contributed by atoms with van der Waals surface area (Å²) in [6, 6.07) is 12.1. The molecule has 100 valence electrons. The van der Waals surface area contributed by atoms with Gasteiger partial charge in [-0.2, -0.15) is 0 Å². The van der Waals surface area contributed by atoms with Gasteiger partial charge in [-0.25, -0.2) is 4.79 Å². The number of para-hydroxylation sites is 1. The van der Waals surface area contributed by atoms with Crippen LogP contribution in [0.3, 0.4) is 0 Å². The molecule has 0 radical (unpaired) electrons. The first-order valence-corrected chi connectivity index (χ1v) is 5.39. The molecular weight excluding hydrogens is 248 g/mol. The number of phenols is 3. The second-order valence-corrected chi connectivity index (χ2v) is 3.53. The van der Waals surface area contributed by atoms with Crippen molar-refractivity contribution < 1.29 is 24.9 Å². The van der Waals surface area contributed by atoms with Crippen LogP contribution in [0, 0.1) is 0 Å². The number of ether oxygens (including phenoxy) is 1. The fraction of sp³-hybridized carbons (Fsp3) is 0.0714. The van der Waals surface area contributed by atoms with Gasteiger partial charge in [-0.3, -0.25) is 0 Å². The predicted molar refractivity (Wildman–Crippen MR) is 69.2 cm³/mol. The summed E-state index contributed by atoms with van der Waals surface area (Å²) < 4.78 is 4.42. The highest BCUT2D eigenvalue weighted by atomic mass is 16.5. The minimum atomic E-state index is -0.525. The van der Waals surface area contributed by atoms with Gasteiger partial charge >= 0.3 is 5.97 Å². The van der Waals surface area contributed by atoms with Crippen molar-refractivity contribution in [3.05, 3.63) is 54.1 Å². The number of hydrogen-bond acceptors (Lipinski definition) is 5. The number of rotatable bonds is 1. The van der Waals surface area contributed by atoms with Crippen molar-refractivity contribution in [1.82, 2.24) is 0 Å². The summed E-state index contributed by atoms with van der Waals surface area (Å²) in [5.41, 5.74) is 0.190. The van der Waals surface area contributed by atoms with Gasteiger partial charge in [0.25, 0.3) is 0 Å². The van der Waals surface area contributed by atoms with Crippen molar-refractivity contribution in [1.29, 1.82) is 0 Å². The predicted octanol–water partition coefficient (Wildman–Crippen LogP) is 2.28. The molecule has 5 heteroatoms. The summed E-state index contributed by atoms with van der Waals surface area (Å²) in [6.07, 6.45) is 0. The molecule has 0 bridgehead atoms. The maximum atomic E-state index is 10.9. The molecule has 0 amide bonds. The van der Waals surface area contributed by atoms with Gasteiger partial charge in [-0.1, -0.05) is 18.2 Å². The monoisotopic (exact) mass is 262 g/mol. The van der Waals surface area contributed by atoms with E-state index in [-0.39, 0.29) is 22.8 Å². The van der Waals surface area contributed by atoms with Crippen LogP contribution in [0.2, 0.25) is 0 Å². The molecule has 2 aromatic rings. The van der Waals surface area contributed by atoms with E-state index in [1.165, 1.54) is 37.4 Å². The average molecular weight is 262 g/mol. The van der Waals surface area contributed by atoms with Crippen LogP contribution in [0.4, 0.5) is 0 Å². The molecule has 0 unspecified atom stereocenters. The SMILES string of the molecule is COC(=O)c1ccccc1O.Oc1cccc(O)c1. The normalized spacial score (nSPS) is 9.11. The highest BCUT2D eigenvalue weighted by Crippen LogP contribution is 2.16. The lowest BCUT2D eigenvalue weighted by atomic mass is 10.2. The molecule has 0 aliphatic rings. The van der Waals surface area contributed by atoms with E-state index in [2.05, 4.69) is 4.74 Å². The molecular formula is C14H14O5. The number of benzene rings is 2. The number of hydrogen-bond donors (Lipinski definition) is 3. The zero-order valence-corrected chi connectivity index (χ0v) is 10.3. The zero-order valence-electron chi connectivity index (χ0n) is 10.3. The number of methoxy groups -OCH3 is 1. The summed E-state index contributed by atoms with van der Waals surface area (Å²) >= 11 is 0. The molecule has 0 saturated carbocycles. The van der Waals surface area contributed by atoms with Gasteiger partial charge < -0.3 is 20.1 Å². The average Bonchev–Trinajstić information content (AvgIpc) is 2.39. The smallest absolute Gasteiger partial charge is 0.341 e. The lowest BCUT2D eigenvalue weighted by Gasteiger charge is -1.99. The minimum absolute atomic E-state index is 0.0562. The maximum Gasteiger partial charge on any atom is 0.341 e. The van der Waals surface area contributed by atoms with Crippen LogP contribution in [0.15, 0.2) is 48.5 Å². The van der Waals surface area contributed by atoms with E-state index in [0.717, 1.165) is 0 Å². The minimum Gasteiger partial charge on any atom is -0.508 e. The Bertz CT molecular complexity index is 534. The Labute approximate surface area is 110 Å². The summed E-state index contributed by atoms with van der Waals surface area (Å²) in [4.78, 5) is 10.9. The number of carbonyl (C=O) groups excluding carboxylic acids is 1. The molecule has 0 saturated heterocycles. The van der Waals surface area contributed by atoms with E-state index in [0.29, 0.717) is 0 Å². The van der Waals surface area contributed by atoms with E-state index in [9.17, 15) is 4.79 Å². The first-order valence-electron chi connectivity index (χ1n) is 5.39. The lowest BCUT2D eigenvalue weighted by molar-refractivity contribution is 0.0597. The zero-order chi connectivity index (χ0) is 14.3. The topological polar surface area (TPSA) is 87.0 Å². The summed E-state index contributed by atoms with van der Waals surface area (Å²) in [7, 11) is 1.27. The number of phenolic OH excluding ortho intramolecular Hbond substituents is 3. The van der Waals surface area contributed by atoms with Gasteiger partial charge in [-0.05, 0) is 24.3 Å². The van der Waals surface area contributed by atoms with Gasteiger partial charge in [-0.15, -0.1) is 0 Å². The first kappa shape index (κ1) is 14.4. The molecule has 2 aromatic carbocycles. The highest BCUT2D eigenvalue weighted by Gasteiger charge is 2.08. The number of esters is 1. The van der Waals surface area contributed by atoms with Crippen molar-refractivity contribution in [2.24, 2.45) is 0 Å². The molecule has 0 spiro atoms. The van der Waals surface area contributed by atoms with E-state index in [1.54, 1.807) is 18.2 Å². The summed E-state index contributed by atoms with van der Waals surface area (Å²) in [5, 5.41) is 26.4. The lowest BCUT2D eigenvalue weighted by Crippen LogP contribution is -2.00. The first-order chi connectivity index (χ1) is 9.04. The Morgan fingerprint density at radius 3 is 1.95 bits per heavy atom. The highest BCUT2D eigenvalue weighted by molar-refractivity contribution is 5.92. The van der Waals surface area contributed by atoms with Gasteiger partial charge in [0, 0.05) is 6.07 Å². The van der Waals surface area contributed by atoms with Crippen LogP contribution in [-0.2, 0) is 4.74 Å². The Morgan fingerprint density at radius 2 is 1.53 bits per heavy atom. The maximum absolute atomic E-state index is 10.9. The molecule has 0 fully saturated rings. The number of aromatic hydroxyl groups is 3. The third kappa shape index (κ3) is 4.59. The van der Waals surface area contributed by atoms with Crippen LogP contribution < -0.4 is 0 Å². The molecule has 0 heterocycles. The molecule has 3 N–H and O–H groups in total. The van der Waals surface area contributed by atoms with Gasteiger partial charge in [0.2, 0.25) is 0 Å². The third-order valence-corrected chi connectivity index (χ3v) is 2.14. The van der Waals surface area contributed by atoms with Crippen molar-refractivity contribution in [3.8, 4) is 17.2 Å². The Hall–Kier alpha value is -2.69. The molecule has 5 nitrogen and oxygen atoms in total. The van der Waals surface area contributed by atoms with Crippen LogP contribution in [0.5, 0.6) is 17.2 Å². The summed E-state index contributed by atoms with van der Waals surface area (Å²) in [5.74, 6) is -0.405. The molecule has 0 aliphatic carbocycles. The van der Waals surface area contributed by atoms with E-state index in [1.807, 2.05) is 0 Å². The van der Waals surface area contributed by atoms with Crippen LogP contribution in [-0.4, -0.2) is 28.4 Å². The van der Waals surface area contributed by atoms with Gasteiger partial charge in [0.1, 0.15) is 22.8 Å². The van der Waals surface area contributed by atoms with Crippen LogP contribution in [0.1, 0.15) is 10.4 Å².